The second kappa shape index (κ2) is 12.2. The molecule has 10 heteroatoms. The van der Waals surface area contributed by atoms with E-state index in [-0.39, 0.29) is 5.91 Å². The summed E-state index contributed by atoms with van der Waals surface area (Å²) < 4.78 is 16.6. The van der Waals surface area contributed by atoms with Crippen LogP contribution in [-0.2, 0) is 4.74 Å². The van der Waals surface area contributed by atoms with Gasteiger partial charge in [0.2, 0.25) is 0 Å². The number of likely N-dealkylation sites (N-methyl/N-ethyl adjacent to an activating group) is 1. The molecule has 2 saturated heterocycles. The van der Waals surface area contributed by atoms with Gasteiger partial charge in [-0.05, 0) is 49.5 Å². The first-order valence-electron chi connectivity index (χ1n) is 14.2. The highest BCUT2D eigenvalue weighted by Gasteiger charge is 2.21. The largest absolute Gasteiger partial charge is 0.493 e. The van der Waals surface area contributed by atoms with Crippen LogP contribution in [0.15, 0.2) is 60.7 Å². The highest BCUT2D eigenvalue weighted by Crippen LogP contribution is 2.36. The van der Waals surface area contributed by atoms with Crippen molar-refractivity contribution in [2.24, 2.45) is 0 Å². The molecule has 0 bridgehead atoms. The SMILES string of the molecule is COc1cc2nc(-c3ccc(C(=O)N4CCN(C)CC4)cc3)nc(Nc3ccc(N4CCOCC4)cc3)c2cc1OC. The monoisotopic (exact) mass is 568 g/mol. The molecule has 4 aromatic rings. The van der Waals surface area contributed by atoms with Gasteiger partial charge in [-0.25, -0.2) is 9.97 Å². The van der Waals surface area contributed by atoms with Crippen LogP contribution in [0, 0.1) is 0 Å². The summed E-state index contributed by atoms with van der Waals surface area (Å²) in [7, 11) is 5.30. The lowest BCUT2D eigenvalue weighted by molar-refractivity contribution is 0.0664. The van der Waals surface area contributed by atoms with Crippen molar-refractivity contribution in [3.8, 4) is 22.9 Å². The van der Waals surface area contributed by atoms with Crippen LogP contribution in [0.3, 0.4) is 0 Å². The maximum absolute atomic E-state index is 13.1. The number of nitrogens with one attached hydrogen (secondary N) is 1. The lowest BCUT2D eigenvalue weighted by atomic mass is 10.1. The Balaban J connectivity index is 1.32. The first-order chi connectivity index (χ1) is 20.5. The molecule has 42 heavy (non-hydrogen) atoms. The van der Waals surface area contributed by atoms with Crippen LogP contribution in [0.25, 0.3) is 22.3 Å². The Bertz CT molecular complexity index is 1550. The van der Waals surface area contributed by atoms with Gasteiger partial charge in [0.1, 0.15) is 5.82 Å². The number of hydrogen-bond acceptors (Lipinski definition) is 9. The molecule has 0 unspecified atom stereocenters. The van der Waals surface area contributed by atoms with E-state index in [1.54, 1.807) is 14.2 Å². The van der Waals surface area contributed by atoms with E-state index < -0.39 is 0 Å². The predicted molar refractivity (Wildman–Crippen MR) is 164 cm³/mol. The number of anilines is 3. The van der Waals surface area contributed by atoms with Gasteiger partial charge in [0.25, 0.3) is 5.91 Å². The van der Waals surface area contributed by atoms with E-state index >= 15 is 0 Å². The minimum Gasteiger partial charge on any atom is -0.493 e. The summed E-state index contributed by atoms with van der Waals surface area (Å²) in [6.45, 7) is 6.49. The van der Waals surface area contributed by atoms with E-state index in [2.05, 4.69) is 46.4 Å². The lowest BCUT2D eigenvalue weighted by Crippen LogP contribution is -2.47. The quantitative estimate of drug-likeness (QED) is 0.351. The van der Waals surface area contributed by atoms with Crippen LogP contribution in [0.5, 0.6) is 11.5 Å². The van der Waals surface area contributed by atoms with Gasteiger partial charge in [-0.3, -0.25) is 4.79 Å². The van der Waals surface area contributed by atoms with Crippen LogP contribution in [0.1, 0.15) is 10.4 Å². The Morgan fingerprint density at radius 3 is 2.17 bits per heavy atom. The maximum Gasteiger partial charge on any atom is 0.253 e. The Kier molecular flexibility index (Phi) is 8.07. The van der Waals surface area contributed by atoms with Crippen molar-refractivity contribution in [2.45, 2.75) is 0 Å². The zero-order chi connectivity index (χ0) is 29.1. The Labute approximate surface area is 245 Å². The summed E-state index contributed by atoms with van der Waals surface area (Å²) in [4.78, 5) is 29.3. The fourth-order valence-corrected chi connectivity index (χ4v) is 5.35. The molecule has 2 aliphatic rings. The highest BCUT2D eigenvalue weighted by molar-refractivity contribution is 5.96. The fourth-order valence-electron chi connectivity index (χ4n) is 5.35. The summed E-state index contributed by atoms with van der Waals surface area (Å²) in [5, 5.41) is 4.30. The fraction of sp³-hybridized carbons (Fsp3) is 0.344. The number of carbonyl (C=O) groups is 1. The van der Waals surface area contributed by atoms with Crippen molar-refractivity contribution < 1.29 is 19.0 Å². The molecule has 0 radical (unpaired) electrons. The van der Waals surface area contributed by atoms with Gasteiger partial charge < -0.3 is 34.2 Å². The molecule has 0 aliphatic carbocycles. The zero-order valence-corrected chi connectivity index (χ0v) is 24.3. The number of hydrogen-bond donors (Lipinski definition) is 1. The third-order valence-corrected chi connectivity index (χ3v) is 7.89. The number of aromatic nitrogens is 2. The molecule has 3 heterocycles. The molecular formula is C32H36N6O4. The van der Waals surface area contributed by atoms with Gasteiger partial charge in [-0.15, -0.1) is 0 Å². The van der Waals surface area contributed by atoms with Crippen LogP contribution < -0.4 is 19.7 Å². The first-order valence-corrected chi connectivity index (χ1v) is 14.2. The van der Waals surface area contributed by atoms with E-state index in [1.807, 2.05) is 41.3 Å². The first kappa shape index (κ1) is 27.7. The molecule has 3 aromatic carbocycles. The van der Waals surface area contributed by atoms with Crippen molar-refractivity contribution >= 4 is 34.0 Å². The van der Waals surface area contributed by atoms with Crippen molar-refractivity contribution in [3.63, 3.8) is 0 Å². The molecule has 218 valence electrons. The second-order valence-corrected chi connectivity index (χ2v) is 10.6. The topological polar surface area (TPSA) is 92.3 Å². The molecule has 0 saturated carbocycles. The van der Waals surface area contributed by atoms with Crippen LogP contribution in [0.2, 0.25) is 0 Å². The van der Waals surface area contributed by atoms with Gasteiger partial charge in [-0.1, -0.05) is 12.1 Å². The van der Waals surface area contributed by atoms with Crippen LogP contribution >= 0.6 is 0 Å². The van der Waals surface area contributed by atoms with E-state index in [4.69, 9.17) is 24.2 Å². The van der Waals surface area contributed by atoms with Crippen LogP contribution in [-0.4, -0.2) is 99.4 Å². The summed E-state index contributed by atoms with van der Waals surface area (Å²) in [6, 6.07) is 19.6. The average Bonchev–Trinajstić information content (AvgIpc) is 3.05. The molecule has 10 nitrogen and oxygen atoms in total. The van der Waals surface area contributed by atoms with Gasteiger partial charge in [-0.2, -0.15) is 0 Å². The summed E-state index contributed by atoms with van der Waals surface area (Å²) in [5.74, 6) is 2.42. The molecule has 2 fully saturated rings. The number of benzene rings is 3. The minimum atomic E-state index is 0.0498. The number of methoxy groups -OCH3 is 2. The number of morpholine rings is 1. The number of ether oxygens (including phenoxy) is 3. The number of amides is 1. The number of fused-ring (bicyclic) bond motifs is 1. The van der Waals surface area contributed by atoms with Gasteiger partial charge >= 0.3 is 0 Å². The predicted octanol–water partition coefficient (Wildman–Crippen LogP) is 4.28. The van der Waals surface area contributed by atoms with Crippen molar-refractivity contribution in [1.29, 1.82) is 0 Å². The molecule has 1 N–H and O–H groups in total. The molecule has 0 atom stereocenters. The number of nitrogens with zero attached hydrogens (tertiary/aromatic N) is 5. The third-order valence-electron chi connectivity index (χ3n) is 7.89. The van der Waals surface area contributed by atoms with E-state index in [1.165, 1.54) is 0 Å². The van der Waals surface area contributed by atoms with E-state index in [9.17, 15) is 4.79 Å². The minimum absolute atomic E-state index is 0.0498. The summed E-state index contributed by atoms with van der Waals surface area (Å²) >= 11 is 0. The Morgan fingerprint density at radius 2 is 1.50 bits per heavy atom. The van der Waals surface area contributed by atoms with Crippen molar-refractivity contribution in [3.05, 3.63) is 66.2 Å². The molecule has 1 aromatic heterocycles. The number of rotatable bonds is 7. The molecule has 6 rings (SSSR count). The van der Waals surface area contributed by atoms with Crippen LogP contribution in [0.4, 0.5) is 17.2 Å². The zero-order valence-electron chi connectivity index (χ0n) is 24.3. The standard InChI is InChI=1S/C32H36N6O4/c1-36-12-14-38(15-13-36)32(39)23-6-4-22(5-7-23)30-34-27-21-29(41-3)28(40-2)20-26(27)31(35-30)33-24-8-10-25(11-9-24)37-16-18-42-19-17-37/h4-11,20-21H,12-19H2,1-3H3,(H,33,34,35). The van der Waals surface area contributed by atoms with Crippen molar-refractivity contribution in [2.75, 3.05) is 84.0 Å². The number of piperazine rings is 1. The molecule has 0 spiro atoms. The van der Waals surface area contributed by atoms with Gasteiger partial charge in [0, 0.05) is 73.2 Å². The van der Waals surface area contributed by atoms with E-state index in [0.29, 0.717) is 34.2 Å². The van der Waals surface area contributed by atoms with Gasteiger partial charge in [0.15, 0.2) is 17.3 Å². The normalized spacial score (nSPS) is 16.0. The molecule has 1 amide bonds. The lowest BCUT2D eigenvalue weighted by Gasteiger charge is -2.32. The van der Waals surface area contributed by atoms with Gasteiger partial charge in [0.05, 0.1) is 33.0 Å². The third kappa shape index (κ3) is 5.81. The van der Waals surface area contributed by atoms with E-state index in [0.717, 1.165) is 74.8 Å². The summed E-state index contributed by atoms with van der Waals surface area (Å²) in [5.41, 5.74) is 4.25. The maximum atomic E-state index is 13.1. The highest BCUT2D eigenvalue weighted by atomic mass is 16.5. The summed E-state index contributed by atoms with van der Waals surface area (Å²) in [6.07, 6.45) is 0. The number of carbonyl (C=O) groups excluding carboxylic acids is 1. The second-order valence-electron chi connectivity index (χ2n) is 10.6. The molecular weight excluding hydrogens is 532 g/mol. The smallest absolute Gasteiger partial charge is 0.253 e. The van der Waals surface area contributed by atoms with Crippen molar-refractivity contribution in [1.82, 2.24) is 19.8 Å². The Hall–Kier alpha value is -4.41. The Morgan fingerprint density at radius 1 is 0.833 bits per heavy atom. The average molecular weight is 569 g/mol. The molecule has 2 aliphatic heterocycles.